The van der Waals surface area contributed by atoms with E-state index in [9.17, 15) is 0 Å². The molecule has 0 aliphatic heterocycles. The molecule has 1 aromatic carbocycles. The van der Waals surface area contributed by atoms with Gasteiger partial charge in [-0.1, -0.05) is 6.92 Å². The van der Waals surface area contributed by atoms with E-state index in [4.69, 9.17) is 20.3 Å². The monoisotopic (exact) mass is 320 g/mol. The minimum Gasteiger partial charge on any atom is -0.493 e. The van der Waals surface area contributed by atoms with Crippen LogP contribution in [-0.4, -0.2) is 59.9 Å². The van der Waals surface area contributed by atoms with Crippen molar-refractivity contribution in [2.45, 2.75) is 13.3 Å². The fourth-order valence-corrected chi connectivity index (χ4v) is 2.40. The van der Waals surface area contributed by atoms with Crippen molar-refractivity contribution >= 4 is 16.7 Å². The van der Waals surface area contributed by atoms with Gasteiger partial charge in [-0.15, -0.1) is 0 Å². The quantitative estimate of drug-likeness (QED) is 0.673. The van der Waals surface area contributed by atoms with Crippen LogP contribution in [0, 0.1) is 0 Å². The predicted molar refractivity (Wildman–Crippen MR) is 89.8 cm³/mol. The third-order valence-electron chi connectivity index (χ3n) is 3.69. The summed E-state index contributed by atoms with van der Waals surface area (Å²) in [7, 11) is 1.59. The molecule has 23 heavy (non-hydrogen) atoms. The van der Waals surface area contributed by atoms with Crippen molar-refractivity contribution in [2.24, 2.45) is 0 Å². The average molecular weight is 320 g/mol. The van der Waals surface area contributed by atoms with Crippen LogP contribution in [0.1, 0.15) is 13.3 Å². The standard InChI is InChI=1S/C16H24N4O3/c1-3-20(6-7-21)5-4-8-23-15-10-13-12(9-14(15)22-2)16(17)19-11-18-13/h9-11,21H,3-8H2,1-2H3,(H2,17,18,19). The van der Waals surface area contributed by atoms with Crippen molar-refractivity contribution in [1.82, 2.24) is 14.9 Å². The SMILES string of the molecule is CCN(CCO)CCCOc1cc2ncnc(N)c2cc1OC. The molecule has 0 aliphatic rings. The van der Waals surface area contributed by atoms with E-state index in [-0.39, 0.29) is 6.61 Å². The Morgan fingerprint density at radius 2 is 2.04 bits per heavy atom. The summed E-state index contributed by atoms with van der Waals surface area (Å²) in [5, 5.41) is 9.73. The van der Waals surface area contributed by atoms with Crippen molar-refractivity contribution < 1.29 is 14.6 Å². The zero-order valence-electron chi connectivity index (χ0n) is 13.7. The maximum atomic E-state index is 8.98. The molecular weight excluding hydrogens is 296 g/mol. The highest BCUT2D eigenvalue weighted by Gasteiger charge is 2.10. The molecule has 0 aliphatic carbocycles. The van der Waals surface area contributed by atoms with Gasteiger partial charge in [0.15, 0.2) is 11.5 Å². The number of aromatic nitrogens is 2. The van der Waals surface area contributed by atoms with Gasteiger partial charge in [0, 0.05) is 24.5 Å². The lowest BCUT2D eigenvalue weighted by Crippen LogP contribution is -2.28. The number of nitrogen functional groups attached to an aromatic ring is 1. The number of rotatable bonds is 9. The molecule has 7 nitrogen and oxygen atoms in total. The summed E-state index contributed by atoms with van der Waals surface area (Å²) in [5.74, 6) is 1.67. The fourth-order valence-electron chi connectivity index (χ4n) is 2.40. The highest BCUT2D eigenvalue weighted by atomic mass is 16.5. The number of benzene rings is 1. The molecule has 126 valence electrons. The Balaban J connectivity index is 2.02. The van der Waals surface area contributed by atoms with E-state index in [0.29, 0.717) is 30.5 Å². The Morgan fingerprint density at radius 3 is 2.74 bits per heavy atom. The van der Waals surface area contributed by atoms with Crippen LogP contribution >= 0.6 is 0 Å². The molecule has 0 unspecified atom stereocenters. The van der Waals surface area contributed by atoms with E-state index < -0.39 is 0 Å². The molecule has 0 saturated heterocycles. The number of aliphatic hydroxyl groups is 1. The number of anilines is 1. The number of nitrogens with zero attached hydrogens (tertiary/aromatic N) is 3. The van der Waals surface area contributed by atoms with Crippen LogP contribution in [-0.2, 0) is 0 Å². The van der Waals surface area contributed by atoms with Gasteiger partial charge < -0.3 is 25.2 Å². The summed E-state index contributed by atoms with van der Waals surface area (Å²) in [5.41, 5.74) is 6.58. The second-order valence-corrected chi connectivity index (χ2v) is 5.14. The molecule has 0 bridgehead atoms. The maximum absolute atomic E-state index is 8.98. The van der Waals surface area contributed by atoms with Crippen LogP contribution < -0.4 is 15.2 Å². The molecule has 2 rings (SSSR count). The third-order valence-corrected chi connectivity index (χ3v) is 3.69. The summed E-state index contributed by atoms with van der Waals surface area (Å²) >= 11 is 0. The Labute approximate surface area is 136 Å². The van der Waals surface area contributed by atoms with Gasteiger partial charge in [0.2, 0.25) is 0 Å². The van der Waals surface area contributed by atoms with Gasteiger partial charge in [-0.25, -0.2) is 9.97 Å². The lowest BCUT2D eigenvalue weighted by Gasteiger charge is -2.19. The number of nitrogens with two attached hydrogens (primary N) is 1. The Hall–Kier alpha value is -2.12. The van der Waals surface area contributed by atoms with Crippen LogP contribution in [0.2, 0.25) is 0 Å². The second kappa shape index (κ2) is 8.50. The second-order valence-electron chi connectivity index (χ2n) is 5.14. The number of ether oxygens (including phenoxy) is 2. The van der Waals surface area contributed by atoms with Crippen LogP contribution in [0.25, 0.3) is 10.9 Å². The Kier molecular flexibility index (Phi) is 6.37. The van der Waals surface area contributed by atoms with E-state index in [2.05, 4.69) is 21.8 Å². The van der Waals surface area contributed by atoms with Gasteiger partial charge in [-0.05, 0) is 19.0 Å². The number of hydrogen-bond acceptors (Lipinski definition) is 7. The number of fused-ring (bicyclic) bond motifs is 1. The van der Waals surface area contributed by atoms with Crippen LogP contribution in [0.5, 0.6) is 11.5 Å². The smallest absolute Gasteiger partial charge is 0.163 e. The predicted octanol–water partition coefficient (Wildman–Crippen LogP) is 1.30. The fraction of sp³-hybridized carbons (Fsp3) is 0.500. The first-order chi connectivity index (χ1) is 11.2. The van der Waals surface area contributed by atoms with Gasteiger partial charge in [0.25, 0.3) is 0 Å². The van der Waals surface area contributed by atoms with Crippen molar-refractivity contribution in [3.63, 3.8) is 0 Å². The molecule has 1 aromatic heterocycles. The van der Waals surface area contributed by atoms with Crippen LogP contribution in [0.15, 0.2) is 18.5 Å². The molecule has 2 aromatic rings. The number of methoxy groups -OCH3 is 1. The lowest BCUT2D eigenvalue weighted by atomic mass is 10.2. The number of hydrogen-bond donors (Lipinski definition) is 2. The summed E-state index contributed by atoms with van der Waals surface area (Å²) in [4.78, 5) is 10.4. The molecule has 1 heterocycles. The van der Waals surface area contributed by atoms with Gasteiger partial charge >= 0.3 is 0 Å². The molecule has 3 N–H and O–H groups in total. The summed E-state index contributed by atoms with van der Waals surface area (Å²) in [6.07, 6.45) is 2.29. The molecular formula is C16H24N4O3. The maximum Gasteiger partial charge on any atom is 0.163 e. The van der Waals surface area contributed by atoms with Crippen LogP contribution in [0.3, 0.4) is 0 Å². The van der Waals surface area contributed by atoms with E-state index >= 15 is 0 Å². The summed E-state index contributed by atoms with van der Waals surface area (Å²) < 4.78 is 11.2. The van der Waals surface area contributed by atoms with Gasteiger partial charge in [0.1, 0.15) is 12.1 Å². The largest absolute Gasteiger partial charge is 0.493 e. The van der Waals surface area contributed by atoms with Gasteiger partial charge in [-0.2, -0.15) is 0 Å². The molecule has 0 atom stereocenters. The van der Waals surface area contributed by atoms with Crippen molar-refractivity contribution in [3.8, 4) is 11.5 Å². The summed E-state index contributed by atoms with van der Waals surface area (Å²) in [6, 6.07) is 3.61. The van der Waals surface area contributed by atoms with Gasteiger partial charge in [-0.3, -0.25) is 0 Å². The molecule has 0 amide bonds. The topological polar surface area (TPSA) is 93.7 Å². The average Bonchev–Trinajstić information content (AvgIpc) is 2.57. The minimum atomic E-state index is 0.175. The van der Waals surface area contributed by atoms with Crippen LogP contribution in [0.4, 0.5) is 5.82 Å². The zero-order chi connectivity index (χ0) is 16.7. The zero-order valence-corrected chi connectivity index (χ0v) is 13.7. The van der Waals surface area contributed by atoms with Crippen molar-refractivity contribution in [1.29, 1.82) is 0 Å². The Morgan fingerprint density at radius 1 is 1.22 bits per heavy atom. The molecule has 7 heteroatoms. The molecule has 0 spiro atoms. The first kappa shape index (κ1) is 17.2. The first-order valence-electron chi connectivity index (χ1n) is 7.73. The highest BCUT2D eigenvalue weighted by Crippen LogP contribution is 2.33. The third kappa shape index (κ3) is 4.43. The number of aliphatic hydroxyl groups excluding tert-OH is 1. The van der Waals surface area contributed by atoms with E-state index in [1.165, 1.54) is 6.33 Å². The van der Waals surface area contributed by atoms with E-state index in [0.717, 1.165) is 30.4 Å². The summed E-state index contributed by atoms with van der Waals surface area (Å²) in [6.45, 7) is 5.29. The molecule has 0 saturated carbocycles. The molecule has 0 fully saturated rings. The van der Waals surface area contributed by atoms with E-state index in [1.54, 1.807) is 13.2 Å². The Bertz CT molecular complexity index is 636. The first-order valence-corrected chi connectivity index (χ1v) is 7.73. The van der Waals surface area contributed by atoms with Crippen molar-refractivity contribution in [3.05, 3.63) is 18.5 Å². The van der Waals surface area contributed by atoms with E-state index in [1.807, 2.05) is 6.07 Å². The number of likely N-dealkylation sites (N-methyl/N-ethyl adjacent to an activating group) is 1. The highest BCUT2D eigenvalue weighted by molar-refractivity contribution is 5.90. The molecule has 0 radical (unpaired) electrons. The van der Waals surface area contributed by atoms with Crippen molar-refractivity contribution in [2.75, 3.05) is 45.7 Å². The lowest BCUT2D eigenvalue weighted by molar-refractivity contribution is 0.188. The normalized spacial score (nSPS) is 11.1. The van der Waals surface area contributed by atoms with Gasteiger partial charge in [0.05, 0.1) is 25.8 Å². The minimum absolute atomic E-state index is 0.175.